The lowest BCUT2D eigenvalue weighted by Gasteiger charge is -2.27. The van der Waals surface area contributed by atoms with Crippen molar-refractivity contribution in [3.8, 4) is 5.75 Å². The molecule has 0 amide bonds. The number of aromatic nitrogens is 1. The number of ether oxygens (including phenoxy) is 2. The molecular weight excluding hydrogens is 468 g/mol. The second-order valence-electron chi connectivity index (χ2n) is 7.72. The second-order valence-corrected chi connectivity index (χ2v) is 9.71. The number of esters is 1. The molecule has 4 aromatic rings. The number of thiophene rings is 1. The van der Waals surface area contributed by atoms with Gasteiger partial charge in [0.25, 0.3) is 5.56 Å². The van der Waals surface area contributed by atoms with Crippen LogP contribution in [0.15, 0.2) is 75.0 Å². The summed E-state index contributed by atoms with van der Waals surface area (Å²) in [6.07, 6.45) is 1.87. The average molecular weight is 491 g/mol. The number of benzene rings is 2. The van der Waals surface area contributed by atoms with Gasteiger partial charge in [-0.1, -0.05) is 47.7 Å². The van der Waals surface area contributed by atoms with E-state index in [4.69, 9.17) is 9.47 Å². The first-order valence-electron chi connectivity index (χ1n) is 10.8. The number of rotatable bonds is 5. The molecule has 0 unspecified atom stereocenters. The van der Waals surface area contributed by atoms with E-state index >= 15 is 0 Å². The Balaban J connectivity index is 1.87. The summed E-state index contributed by atoms with van der Waals surface area (Å²) in [7, 11) is 1.59. The summed E-state index contributed by atoms with van der Waals surface area (Å²) in [6, 6.07) is 14.9. The zero-order chi connectivity index (χ0) is 23.8. The van der Waals surface area contributed by atoms with Crippen LogP contribution in [-0.4, -0.2) is 24.3 Å². The van der Waals surface area contributed by atoms with E-state index in [0.29, 0.717) is 26.4 Å². The van der Waals surface area contributed by atoms with Crippen molar-refractivity contribution >= 4 is 45.5 Å². The van der Waals surface area contributed by atoms with Gasteiger partial charge in [-0.3, -0.25) is 9.36 Å². The minimum Gasteiger partial charge on any atom is -0.496 e. The number of hydrogen-bond donors (Lipinski definition) is 0. The molecule has 0 spiro atoms. The fourth-order valence-corrected chi connectivity index (χ4v) is 6.07. The van der Waals surface area contributed by atoms with Gasteiger partial charge >= 0.3 is 5.97 Å². The Hall–Kier alpha value is -3.49. The van der Waals surface area contributed by atoms with Crippen molar-refractivity contribution in [3.63, 3.8) is 0 Å². The monoisotopic (exact) mass is 490 g/mol. The largest absolute Gasteiger partial charge is 0.496 e. The van der Waals surface area contributed by atoms with Gasteiger partial charge in [-0.05, 0) is 48.2 Å². The van der Waals surface area contributed by atoms with E-state index < -0.39 is 12.0 Å². The van der Waals surface area contributed by atoms with E-state index in [2.05, 4.69) is 4.99 Å². The number of thiazole rings is 1. The molecule has 8 heteroatoms. The van der Waals surface area contributed by atoms with Gasteiger partial charge in [0.15, 0.2) is 4.80 Å². The van der Waals surface area contributed by atoms with Crippen LogP contribution in [0.2, 0.25) is 0 Å². The number of carbonyl (C=O) groups is 1. The molecule has 3 heterocycles. The zero-order valence-electron chi connectivity index (χ0n) is 18.9. The van der Waals surface area contributed by atoms with Crippen LogP contribution in [0.3, 0.4) is 0 Å². The summed E-state index contributed by atoms with van der Waals surface area (Å²) in [4.78, 5) is 33.1. The van der Waals surface area contributed by atoms with Gasteiger partial charge in [-0.2, -0.15) is 0 Å². The van der Waals surface area contributed by atoms with Crippen molar-refractivity contribution in [2.24, 2.45) is 4.99 Å². The molecule has 1 atom stereocenters. The van der Waals surface area contributed by atoms with Crippen LogP contribution in [0.25, 0.3) is 16.8 Å². The molecule has 1 aliphatic heterocycles. The Morgan fingerprint density at radius 3 is 2.74 bits per heavy atom. The smallest absolute Gasteiger partial charge is 0.338 e. The summed E-state index contributed by atoms with van der Waals surface area (Å²) in [5.74, 6) is 0.101. The molecular formula is C26H22N2O4S2. The van der Waals surface area contributed by atoms with Crippen LogP contribution >= 0.6 is 22.7 Å². The van der Waals surface area contributed by atoms with Crippen LogP contribution in [0.5, 0.6) is 5.75 Å². The molecule has 0 N–H and O–H groups in total. The summed E-state index contributed by atoms with van der Waals surface area (Å²) in [6.45, 7) is 3.77. The van der Waals surface area contributed by atoms with Gasteiger partial charge in [0, 0.05) is 10.4 Å². The topological polar surface area (TPSA) is 69.9 Å². The van der Waals surface area contributed by atoms with E-state index in [-0.39, 0.29) is 12.2 Å². The van der Waals surface area contributed by atoms with Crippen molar-refractivity contribution in [1.29, 1.82) is 0 Å². The molecule has 2 aromatic carbocycles. The quantitative estimate of drug-likeness (QED) is 0.396. The van der Waals surface area contributed by atoms with Crippen LogP contribution < -0.4 is 19.6 Å². The first-order valence-corrected chi connectivity index (χ1v) is 12.5. The van der Waals surface area contributed by atoms with Crippen molar-refractivity contribution in [2.75, 3.05) is 13.7 Å². The summed E-state index contributed by atoms with van der Waals surface area (Å²) in [5.41, 5.74) is 1.40. The molecule has 6 nitrogen and oxygen atoms in total. The lowest BCUT2D eigenvalue weighted by atomic mass is 9.90. The second kappa shape index (κ2) is 9.04. The first-order chi connectivity index (χ1) is 16.5. The van der Waals surface area contributed by atoms with Crippen LogP contribution in [-0.2, 0) is 9.53 Å². The summed E-state index contributed by atoms with van der Waals surface area (Å²) < 4.78 is 13.3. The first kappa shape index (κ1) is 22.3. The number of allylic oxidation sites excluding steroid dienone is 1. The number of fused-ring (bicyclic) bond motifs is 2. The van der Waals surface area contributed by atoms with Crippen LogP contribution in [0.4, 0.5) is 0 Å². The van der Waals surface area contributed by atoms with Gasteiger partial charge in [0.1, 0.15) is 11.8 Å². The normalized spacial score (nSPS) is 15.9. The van der Waals surface area contributed by atoms with Crippen molar-refractivity contribution in [1.82, 2.24) is 4.57 Å². The molecule has 172 valence electrons. The third kappa shape index (κ3) is 3.69. The molecule has 1 aliphatic rings. The van der Waals surface area contributed by atoms with Crippen LogP contribution in [0, 0.1) is 0 Å². The predicted octanol–water partition coefficient (Wildman–Crippen LogP) is 4.02. The molecule has 34 heavy (non-hydrogen) atoms. The Kier molecular flexibility index (Phi) is 5.93. The fraction of sp³-hybridized carbons (Fsp3) is 0.192. The number of hydrogen-bond acceptors (Lipinski definition) is 7. The van der Waals surface area contributed by atoms with E-state index in [1.54, 1.807) is 36.9 Å². The van der Waals surface area contributed by atoms with E-state index in [1.165, 1.54) is 11.3 Å². The third-order valence-electron chi connectivity index (χ3n) is 5.76. The molecule has 2 aromatic heterocycles. The summed E-state index contributed by atoms with van der Waals surface area (Å²) in [5, 5.41) is 3.85. The SMILES string of the molecule is CCOC(=O)C1=C(C)N=c2sc(=Cc3cccs3)c(=O)n2[C@@H]1c1c(OC)ccc2ccccc12. The average Bonchev–Trinajstić information content (AvgIpc) is 3.45. The Morgan fingerprint density at radius 1 is 1.18 bits per heavy atom. The predicted molar refractivity (Wildman–Crippen MR) is 135 cm³/mol. The molecule has 0 saturated carbocycles. The van der Waals surface area contributed by atoms with Gasteiger partial charge in [0.05, 0.1) is 29.5 Å². The third-order valence-corrected chi connectivity index (χ3v) is 7.56. The maximum absolute atomic E-state index is 13.8. The number of methoxy groups -OCH3 is 1. The minimum absolute atomic E-state index is 0.202. The zero-order valence-corrected chi connectivity index (χ0v) is 20.5. The fourth-order valence-electron chi connectivity index (χ4n) is 4.30. The summed E-state index contributed by atoms with van der Waals surface area (Å²) >= 11 is 2.87. The van der Waals surface area contributed by atoms with Crippen molar-refractivity contribution < 1.29 is 14.3 Å². The Bertz CT molecular complexity index is 1610. The highest BCUT2D eigenvalue weighted by Crippen LogP contribution is 2.40. The molecule has 0 radical (unpaired) electrons. The van der Waals surface area contributed by atoms with E-state index in [0.717, 1.165) is 21.2 Å². The highest BCUT2D eigenvalue weighted by atomic mass is 32.1. The maximum atomic E-state index is 13.8. The van der Waals surface area contributed by atoms with E-state index in [1.807, 2.05) is 60.0 Å². The lowest BCUT2D eigenvalue weighted by molar-refractivity contribution is -0.139. The van der Waals surface area contributed by atoms with Crippen molar-refractivity contribution in [2.45, 2.75) is 19.9 Å². The lowest BCUT2D eigenvalue weighted by Crippen LogP contribution is -2.40. The van der Waals surface area contributed by atoms with Crippen molar-refractivity contribution in [3.05, 3.63) is 95.3 Å². The van der Waals surface area contributed by atoms with Gasteiger partial charge < -0.3 is 9.47 Å². The van der Waals surface area contributed by atoms with Gasteiger partial charge in [-0.15, -0.1) is 11.3 Å². The Morgan fingerprint density at radius 2 is 2.00 bits per heavy atom. The number of nitrogens with zero attached hydrogens (tertiary/aromatic N) is 2. The number of carbonyl (C=O) groups excluding carboxylic acids is 1. The van der Waals surface area contributed by atoms with Gasteiger partial charge in [0.2, 0.25) is 0 Å². The van der Waals surface area contributed by atoms with E-state index in [9.17, 15) is 9.59 Å². The molecule has 5 rings (SSSR count). The van der Waals surface area contributed by atoms with Crippen LogP contribution in [0.1, 0.15) is 30.3 Å². The highest BCUT2D eigenvalue weighted by Gasteiger charge is 2.36. The minimum atomic E-state index is -0.734. The standard InChI is InChI=1S/C26H22N2O4S2/c1-4-32-25(30)21-15(2)27-26-28(24(29)20(34-26)14-17-9-7-13-33-17)23(21)22-18-10-6-5-8-16(18)11-12-19(22)31-3/h5-14,23H,4H2,1-3H3/t23-/m0/s1. The molecule has 0 bridgehead atoms. The maximum Gasteiger partial charge on any atom is 0.338 e. The highest BCUT2D eigenvalue weighted by molar-refractivity contribution is 7.11. The molecule has 0 saturated heterocycles. The Labute approximate surface area is 203 Å². The van der Waals surface area contributed by atoms with Gasteiger partial charge in [-0.25, -0.2) is 9.79 Å². The molecule has 0 aliphatic carbocycles. The molecule has 0 fully saturated rings.